The largest absolute Gasteiger partial charge is 0.310 e. The fraction of sp³-hybridized carbons (Fsp3) is 0.833. The van der Waals surface area contributed by atoms with Crippen molar-refractivity contribution in [3.8, 4) is 0 Å². The van der Waals surface area contributed by atoms with E-state index < -0.39 is 0 Å². The Morgan fingerprint density at radius 1 is 1.24 bits per heavy atom. The van der Waals surface area contributed by atoms with Gasteiger partial charge >= 0.3 is 0 Å². The Hall–Kier alpha value is -0.940. The molecular weight excluding hydrogens is 214 g/mol. The van der Waals surface area contributed by atoms with Crippen molar-refractivity contribution in [2.45, 2.75) is 50.7 Å². The Kier molecular flexibility index (Phi) is 2.88. The summed E-state index contributed by atoms with van der Waals surface area (Å²) in [6, 6.07) is 0.397. The van der Waals surface area contributed by atoms with Crippen LogP contribution < -0.4 is 5.73 Å². The highest BCUT2D eigenvalue weighted by atomic mass is 15.4. The third-order valence-electron chi connectivity index (χ3n) is 4.00. The summed E-state index contributed by atoms with van der Waals surface area (Å²) in [5.41, 5.74) is 6.07. The summed E-state index contributed by atoms with van der Waals surface area (Å²) in [6.07, 6.45) is 6.97. The van der Waals surface area contributed by atoms with Gasteiger partial charge in [-0.05, 0) is 39.3 Å². The van der Waals surface area contributed by atoms with Gasteiger partial charge in [0, 0.05) is 6.42 Å². The van der Waals surface area contributed by atoms with Gasteiger partial charge < -0.3 is 5.73 Å². The molecule has 0 spiro atoms. The van der Waals surface area contributed by atoms with E-state index in [9.17, 15) is 0 Å². The van der Waals surface area contributed by atoms with E-state index in [0.717, 1.165) is 37.5 Å². The summed E-state index contributed by atoms with van der Waals surface area (Å²) in [6.45, 7) is 1.15. The Bertz CT molecular complexity index is 400. The highest BCUT2D eigenvalue weighted by Gasteiger charge is 2.27. The van der Waals surface area contributed by atoms with Crippen LogP contribution in [0.15, 0.2) is 0 Å². The Morgan fingerprint density at radius 2 is 2.12 bits per heavy atom. The molecule has 2 atom stereocenters. The molecule has 1 fully saturated rings. The molecule has 0 aliphatic carbocycles. The molecule has 3 heterocycles. The second-order valence-corrected chi connectivity index (χ2v) is 5.28. The maximum Gasteiger partial charge on any atom is 0.168 e. The summed E-state index contributed by atoms with van der Waals surface area (Å²) in [4.78, 5) is 7.08. The van der Waals surface area contributed by atoms with Crippen molar-refractivity contribution in [2.75, 3.05) is 13.6 Å². The van der Waals surface area contributed by atoms with Gasteiger partial charge in [-0.3, -0.25) is 4.90 Å². The molecule has 5 heteroatoms. The maximum absolute atomic E-state index is 6.07. The Labute approximate surface area is 102 Å². The minimum absolute atomic E-state index is 0.0360. The minimum atomic E-state index is 0.0360. The molecular formula is C12H21N5. The first kappa shape index (κ1) is 11.2. The lowest BCUT2D eigenvalue weighted by atomic mass is 10.0. The second kappa shape index (κ2) is 4.38. The minimum Gasteiger partial charge on any atom is -0.310 e. The third kappa shape index (κ3) is 1.98. The number of nitrogens with two attached hydrogens (primary N) is 1. The van der Waals surface area contributed by atoms with Crippen LogP contribution in [0.4, 0.5) is 0 Å². The van der Waals surface area contributed by atoms with Crippen molar-refractivity contribution in [2.24, 2.45) is 5.73 Å². The average molecular weight is 235 g/mol. The predicted octanol–water partition coefficient (Wildman–Crippen LogP) is 1.23. The molecule has 1 aromatic heterocycles. The first-order chi connectivity index (χ1) is 8.25. The molecule has 1 saturated heterocycles. The first-order valence-corrected chi connectivity index (χ1v) is 6.67. The summed E-state index contributed by atoms with van der Waals surface area (Å²) < 4.78 is 1.95. The molecule has 1 aromatic rings. The molecule has 2 aliphatic heterocycles. The van der Waals surface area contributed by atoms with Crippen LogP contribution in [0.25, 0.3) is 0 Å². The second-order valence-electron chi connectivity index (χ2n) is 5.28. The molecule has 3 rings (SSSR count). The first-order valence-electron chi connectivity index (χ1n) is 6.67. The van der Waals surface area contributed by atoms with Crippen molar-refractivity contribution in [3.05, 3.63) is 11.6 Å². The van der Waals surface area contributed by atoms with Gasteiger partial charge in [0.05, 0.1) is 6.04 Å². The topological polar surface area (TPSA) is 60.0 Å². The lowest BCUT2D eigenvalue weighted by molar-refractivity contribution is 0.178. The number of hydrogen-bond donors (Lipinski definition) is 1. The van der Waals surface area contributed by atoms with E-state index in [2.05, 4.69) is 17.0 Å². The summed E-state index contributed by atoms with van der Waals surface area (Å²) in [5.74, 6) is 2.07. The standard InChI is InChI=1S/C12H21N5/c1-16-8-3-2-5-9(16)12-14-11-7-4-6-10(13)17(11)15-12/h9-10H,2-8,13H2,1H3. The number of aromatic nitrogens is 3. The van der Waals surface area contributed by atoms with Gasteiger partial charge in [-0.25, -0.2) is 9.67 Å². The van der Waals surface area contributed by atoms with E-state index in [0.29, 0.717) is 6.04 Å². The Balaban J connectivity index is 1.88. The molecule has 2 unspecified atom stereocenters. The van der Waals surface area contributed by atoms with Crippen molar-refractivity contribution in [3.63, 3.8) is 0 Å². The summed E-state index contributed by atoms with van der Waals surface area (Å²) >= 11 is 0. The van der Waals surface area contributed by atoms with Crippen molar-refractivity contribution >= 4 is 0 Å². The average Bonchev–Trinajstić information content (AvgIpc) is 2.75. The zero-order valence-corrected chi connectivity index (χ0v) is 10.5. The molecule has 0 saturated carbocycles. The highest BCUT2D eigenvalue weighted by molar-refractivity contribution is 5.03. The van der Waals surface area contributed by atoms with Gasteiger partial charge in [0.2, 0.25) is 0 Å². The number of nitrogens with zero attached hydrogens (tertiary/aromatic N) is 4. The van der Waals surface area contributed by atoms with Crippen LogP contribution in [0.1, 0.15) is 56.0 Å². The molecule has 0 radical (unpaired) electrons. The van der Waals surface area contributed by atoms with Crippen molar-refractivity contribution < 1.29 is 0 Å². The normalized spacial score (nSPS) is 30.2. The van der Waals surface area contributed by atoms with Crippen LogP contribution in [0.2, 0.25) is 0 Å². The molecule has 17 heavy (non-hydrogen) atoms. The van der Waals surface area contributed by atoms with Crippen LogP contribution in [-0.2, 0) is 6.42 Å². The van der Waals surface area contributed by atoms with Crippen molar-refractivity contribution in [1.82, 2.24) is 19.7 Å². The van der Waals surface area contributed by atoms with E-state index in [-0.39, 0.29) is 6.17 Å². The van der Waals surface area contributed by atoms with Gasteiger partial charge in [0.15, 0.2) is 5.82 Å². The molecule has 0 bridgehead atoms. The fourth-order valence-electron chi connectivity index (χ4n) is 2.94. The SMILES string of the molecule is CN1CCCCC1c1nc2n(n1)C(N)CCC2. The van der Waals surface area contributed by atoms with E-state index >= 15 is 0 Å². The molecule has 94 valence electrons. The number of likely N-dealkylation sites (tertiary alicyclic amines) is 1. The number of fused-ring (bicyclic) bond motifs is 1. The summed E-state index contributed by atoms with van der Waals surface area (Å²) in [5, 5.41) is 4.64. The van der Waals surface area contributed by atoms with Crippen LogP contribution in [0.3, 0.4) is 0 Å². The summed E-state index contributed by atoms with van der Waals surface area (Å²) in [7, 11) is 2.17. The van der Waals surface area contributed by atoms with Crippen LogP contribution in [-0.4, -0.2) is 33.3 Å². The number of rotatable bonds is 1. The van der Waals surface area contributed by atoms with E-state index in [1.165, 1.54) is 19.3 Å². The monoisotopic (exact) mass is 235 g/mol. The van der Waals surface area contributed by atoms with Gasteiger partial charge in [0.25, 0.3) is 0 Å². The quantitative estimate of drug-likeness (QED) is 0.795. The van der Waals surface area contributed by atoms with Gasteiger partial charge in [-0.1, -0.05) is 6.42 Å². The third-order valence-corrected chi connectivity index (χ3v) is 4.00. The maximum atomic E-state index is 6.07. The lowest BCUT2D eigenvalue weighted by Gasteiger charge is -2.30. The van der Waals surface area contributed by atoms with Crippen molar-refractivity contribution in [1.29, 1.82) is 0 Å². The zero-order valence-electron chi connectivity index (χ0n) is 10.5. The van der Waals surface area contributed by atoms with E-state index in [1.807, 2.05) is 4.68 Å². The number of aryl methyl sites for hydroxylation is 1. The molecule has 2 aliphatic rings. The number of piperidine rings is 1. The zero-order chi connectivity index (χ0) is 11.8. The fourth-order valence-corrected chi connectivity index (χ4v) is 2.94. The highest BCUT2D eigenvalue weighted by Crippen LogP contribution is 2.29. The van der Waals surface area contributed by atoms with Crippen LogP contribution in [0, 0.1) is 0 Å². The van der Waals surface area contributed by atoms with Gasteiger partial charge in [-0.2, -0.15) is 5.10 Å². The Morgan fingerprint density at radius 3 is 2.88 bits per heavy atom. The number of hydrogen-bond acceptors (Lipinski definition) is 4. The lowest BCUT2D eigenvalue weighted by Crippen LogP contribution is -2.30. The predicted molar refractivity (Wildman–Crippen MR) is 65.4 cm³/mol. The smallest absolute Gasteiger partial charge is 0.168 e. The van der Waals surface area contributed by atoms with E-state index in [4.69, 9.17) is 10.7 Å². The molecule has 5 nitrogen and oxygen atoms in total. The van der Waals surface area contributed by atoms with Crippen LogP contribution in [0.5, 0.6) is 0 Å². The van der Waals surface area contributed by atoms with E-state index in [1.54, 1.807) is 0 Å². The van der Waals surface area contributed by atoms with Gasteiger partial charge in [-0.15, -0.1) is 0 Å². The molecule has 2 N–H and O–H groups in total. The molecule has 0 amide bonds. The van der Waals surface area contributed by atoms with Crippen LogP contribution >= 0.6 is 0 Å². The molecule has 0 aromatic carbocycles. The van der Waals surface area contributed by atoms with Gasteiger partial charge in [0.1, 0.15) is 12.0 Å².